The lowest BCUT2D eigenvalue weighted by molar-refractivity contribution is -0.123. The van der Waals surface area contributed by atoms with Crippen molar-refractivity contribution in [3.63, 3.8) is 0 Å². The highest BCUT2D eigenvalue weighted by Gasteiger charge is 2.37. The van der Waals surface area contributed by atoms with E-state index >= 15 is 0 Å². The van der Waals surface area contributed by atoms with E-state index in [1.165, 1.54) is 25.7 Å². The van der Waals surface area contributed by atoms with Gasteiger partial charge in [-0.25, -0.2) is 4.98 Å². The second-order valence-corrected chi connectivity index (χ2v) is 8.14. The number of aromatic nitrogens is 1. The summed E-state index contributed by atoms with van der Waals surface area (Å²) >= 11 is 0. The van der Waals surface area contributed by atoms with E-state index in [0.29, 0.717) is 18.5 Å². The Morgan fingerprint density at radius 3 is 2.52 bits per heavy atom. The third kappa shape index (κ3) is 6.59. The number of hydrogen-bond acceptors (Lipinski definition) is 5. The normalized spacial score (nSPS) is 26.4. The van der Waals surface area contributed by atoms with Crippen molar-refractivity contribution in [2.75, 3.05) is 38.1 Å². The molecule has 2 aliphatic heterocycles. The van der Waals surface area contributed by atoms with Gasteiger partial charge in [-0.3, -0.25) is 4.79 Å². The number of anilines is 1. The molecule has 1 amide bonds. The zero-order valence-corrected chi connectivity index (χ0v) is 19.5. The minimum absolute atomic E-state index is 0. The molecule has 29 heavy (non-hydrogen) atoms. The first-order valence-corrected chi connectivity index (χ1v) is 10.1. The number of pyridine rings is 1. The second kappa shape index (κ2) is 12.2. The van der Waals surface area contributed by atoms with Gasteiger partial charge in [0, 0.05) is 45.0 Å². The van der Waals surface area contributed by atoms with Crippen molar-refractivity contribution < 1.29 is 4.79 Å². The number of carbonyl (C=O) groups is 1. The third-order valence-electron chi connectivity index (χ3n) is 6.28. The maximum atomic E-state index is 12.5. The molecule has 2 N–H and O–H groups in total. The SMILES string of the molecule is CN1CCN(c2ccc(CNC(=O)C3CC4CCCCC4N3)cn2)CC1.Cl.Cl.Cl. The number of amides is 1. The van der Waals surface area contributed by atoms with Gasteiger partial charge >= 0.3 is 0 Å². The minimum atomic E-state index is -0.0133. The van der Waals surface area contributed by atoms with Crippen LogP contribution in [0.15, 0.2) is 18.3 Å². The molecule has 3 fully saturated rings. The molecule has 3 heterocycles. The number of nitrogens with one attached hydrogen (secondary N) is 2. The van der Waals surface area contributed by atoms with Gasteiger partial charge in [0.2, 0.25) is 5.91 Å². The predicted octanol–water partition coefficient (Wildman–Crippen LogP) is 2.64. The summed E-state index contributed by atoms with van der Waals surface area (Å²) in [6.45, 7) is 4.76. The summed E-state index contributed by atoms with van der Waals surface area (Å²) in [6.07, 6.45) is 8.02. The van der Waals surface area contributed by atoms with Crippen molar-refractivity contribution in [1.29, 1.82) is 0 Å². The molecule has 1 aromatic heterocycles. The fraction of sp³-hybridized carbons (Fsp3) is 0.700. The summed E-state index contributed by atoms with van der Waals surface area (Å²) < 4.78 is 0. The number of carbonyl (C=O) groups excluding carboxylic acids is 1. The number of halogens is 3. The maximum Gasteiger partial charge on any atom is 0.237 e. The van der Waals surface area contributed by atoms with E-state index in [2.05, 4.69) is 44.6 Å². The fourth-order valence-corrected chi connectivity index (χ4v) is 4.58. The zero-order chi connectivity index (χ0) is 17.9. The number of fused-ring (bicyclic) bond motifs is 1. The lowest BCUT2D eigenvalue weighted by Crippen LogP contribution is -2.44. The van der Waals surface area contributed by atoms with Crippen LogP contribution < -0.4 is 15.5 Å². The van der Waals surface area contributed by atoms with Gasteiger partial charge in [0.15, 0.2) is 0 Å². The molecule has 3 unspecified atom stereocenters. The van der Waals surface area contributed by atoms with E-state index in [4.69, 9.17) is 0 Å². The van der Waals surface area contributed by atoms with Crippen LogP contribution in [0.4, 0.5) is 5.82 Å². The van der Waals surface area contributed by atoms with Gasteiger partial charge in [-0.2, -0.15) is 0 Å². The second-order valence-electron chi connectivity index (χ2n) is 8.14. The Balaban J connectivity index is 0.00000140. The number of piperazine rings is 1. The van der Waals surface area contributed by atoms with E-state index in [-0.39, 0.29) is 49.2 Å². The topological polar surface area (TPSA) is 60.5 Å². The molecule has 1 aromatic rings. The van der Waals surface area contributed by atoms with Crippen molar-refractivity contribution in [1.82, 2.24) is 20.5 Å². The van der Waals surface area contributed by atoms with Crippen LogP contribution in [0.5, 0.6) is 0 Å². The first-order valence-electron chi connectivity index (χ1n) is 10.1. The number of hydrogen-bond donors (Lipinski definition) is 2. The molecule has 1 aliphatic carbocycles. The first kappa shape index (κ1) is 26.2. The quantitative estimate of drug-likeness (QED) is 0.714. The molecular weight excluding hydrogens is 433 g/mol. The number of nitrogens with zero attached hydrogens (tertiary/aromatic N) is 3. The molecule has 166 valence electrons. The Bertz CT molecular complexity index is 611. The van der Waals surface area contributed by atoms with Gasteiger partial charge in [-0.05, 0) is 43.9 Å². The van der Waals surface area contributed by atoms with Gasteiger partial charge in [-0.15, -0.1) is 37.2 Å². The van der Waals surface area contributed by atoms with Crippen LogP contribution in [-0.4, -0.2) is 61.1 Å². The van der Waals surface area contributed by atoms with Crippen molar-refractivity contribution in [3.8, 4) is 0 Å². The van der Waals surface area contributed by atoms with Crippen LogP contribution in [0.1, 0.15) is 37.7 Å². The zero-order valence-electron chi connectivity index (χ0n) is 17.0. The molecule has 3 atom stereocenters. The molecule has 2 saturated heterocycles. The summed E-state index contributed by atoms with van der Waals surface area (Å²) in [5.74, 6) is 1.88. The molecule has 0 aromatic carbocycles. The molecule has 9 heteroatoms. The summed E-state index contributed by atoms with van der Waals surface area (Å²) in [6, 6.07) is 4.71. The van der Waals surface area contributed by atoms with E-state index in [0.717, 1.165) is 44.0 Å². The Hall–Kier alpha value is -0.790. The average Bonchev–Trinajstić information content (AvgIpc) is 3.11. The molecule has 3 aliphatic rings. The molecule has 1 saturated carbocycles. The monoisotopic (exact) mass is 465 g/mol. The summed E-state index contributed by atoms with van der Waals surface area (Å²) in [5, 5.41) is 6.64. The fourth-order valence-electron chi connectivity index (χ4n) is 4.58. The van der Waals surface area contributed by atoms with Crippen molar-refractivity contribution in [2.45, 2.75) is 50.7 Å². The standard InChI is InChI=1S/C20H31N5O.3ClH/c1-24-8-10-25(11-9-24)19-7-6-15(13-21-19)14-22-20(26)18-12-16-4-2-3-5-17(16)23-18;;;/h6-7,13,16-18,23H,2-5,8-12,14H2,1H3,(H,22,26);3*1H. The van der Waals surface area contributed by atoms with Gasteiger partial charge in [0.05, 0.1) is 6.04 Å². The Morgan fingerprint density at radius 2 is 1.86 bits per heavy atom. The molecule has 0 bridgehead atoms. The molecule has 4 rings (SSSR count). The van der Waals surface area contributed by atoms with Crippen molar-refractivity contribution in [3.05, 3.63) is 23.9 Å². The summed E-state index contributed by atoms with van der Waals surface area (Å²) in [7, 11) is 2.16. The molecule has 0 radical (unpaired) electrons. The van der Waals surface area contributed by atoms with Gasteiger partial charge in [-0.1, -0.05) is 18.9 Å². The van der Waals surface area contributed by atoms with Gasteiger partial charge in [0.1, 0.15) is 5.82 Å². The predicted molar refractivity (Wildman–Crippen MR) is 125 cm³/mol. The van der Waals surface area contributed by atoms with E-state index in [1.54, 1.807) is 0 Å². The molecule has 6 nitrogen and oxygen atoms in total. The van der Waals surface area contributed by atoms with Crippen LogP contribution >= 0.6 is 37.2 Å². The lowest BCUT2D eigenvalue weighted by atomic mass is 9.85. The summed E-state index contributed by atoms with van der Waals surface area (Å²) in [4.78, 5) is 21.8. The number of likely N-dealkylation sites (N-methyl/N-ethyl adjacent to an activating group) is 1. The van der Waals surface area contributed by atoms with Crippen molar-refractivity contribution >= 4 is 48.9 Å². The Morgan fingerprint density at radius 1 is 1.14 bits per heavy atom. The third-order valence-corrected chi connectivity index (χ3v) is 6.28. The highest BCUT2D eigenvalue weighted by Crippen LogP contribution is 2.33. The minimum Gasteiger partial charge on any atom is -0.354 e. The Kier molecular flexibility index (Phi) is 11.0. The summed E-state index contributed by atoms with van der Waals surface area (Å²) in [5.41, 5.74) is 1.06. The highest BCUT2D eigenvalue weighted by atomic mass is 35.5. The maximum absolute atomic E-state index is 12.5. The lowest BCUT2D eigenvalue weighted by Gasteiger charge is -2.33. The molecular formula is C20H34Cl3N5O. The van der Waals surface area contributed by atoms with Crippen molar-refractivity contribution in [2.24, 2.45) is 5.92 Å². The van der Waals surface area contributed by atoms with E-state index in [1.807, 2.05) is 6.20 Å². The van der Waals surface area contributed by atoms with E-state index < -0.39 is 0 Å². The van der Waals surface area contributed by atoms with Crippen LogP contribution in [0.2, 0.25) is 0 Å². The number of rotatable bonds is 4. The van der Waals surface area contributed by atoms with Gasteiger partial charge in [0.25, 0.3) is 0 Å². The smallest absolute Gasteiger partial charge is 0.237 e. The van der Waals surface area contributed by atoms with Crippen LogP contribution in [-0.2, 0) is 11.3 Å². The van der Waals surface area contributed by atoms with Crippen LogP contribution in [0.25, 0.3) is 0 Å². The van der Waals surface area contributed by atoms with Crippen LogP contribution in [0, 0.1) is 5.92 Å². The van der Waals surface area contributed by atoms with Crippen LogP contribution in [0.3, 0.4) is 0 Å². The average molecular weight is 467 g/mol. The molecule has 0 spiro atoms. The van der Waals surface area contributed by atoms with Gasteiger partial charge < -0.3 is 20.4 Å². The largest absolute Gasteiger partial charge is 0.354 e. The van der Waals surface area contributed by atoms with E-state index in [9.17, 15) is 4.79 Å². The first-order chi connectivity index (χ1) is 12.7. The highest BCUT2D eigenvalue weighted by molar-refractivity contribution is 5.86. The Labute approximate surface area is 192 Å².